The standard InChI is InChI=1S/C15H14Cl2N2O/c1-2-18-13-8-7-10(16)9-11(13)15(20)19-14-6-4-3-5-12(14)17/h3-9,18H,2H2,1H3,(H,19,20). The number of para-hydroxylation sites is 1. The summed E-state index contributed by atoms with van der Waals surface area (Å²) >= 11 is 12.0. The molecule has 5 heteroatoms. The Balaban J connectivity index is 2.29. The second-order valence-electron chi connectivity index (χ2n) is 4.15. The van der Waals surface area contributed by atoms with Gasteiger partial charge in [0.1, 0.15) is 0 Å². The second kappa shape index (κ2) is 6.64. The first-order valence-electron chi connectivity index (χ1n) is 6.21. The molecule has 0 bridgehead atoms. The molecule has 0 atom stereocenters. The maximum atomic E-state index is 12.3. The Labute approximate surface area is 127 Å². The second-order valence-corrected chi connectivity index (χ2v) is 5.00. The molecule has 0 saturated heterocycles. The highest BCUT2D eigenvalue weighted by Gasteiger charge is 2.13. The fourth-order valence-corrected chi connectivity index (χ4v) is 2.16. The van der Waals surface area contributed by atoms with Gasteiger partial charge >= 0.3 is 0 Å². The normalized spacial score (nSPS) is 10.2. The van der Waals surface area contributed by atoms with E-state index < -0.39 is 0 Å². The molecule has 0 aliphatic heterocycles. The summed E-state index contributed by atoms with van der Waals surface area (Å²) in [5.74, 6) is -0.253. The van der Waals surface area contributed by atoms with Crippen LogP contribution in [0.2, 0.25) is 10.0 Å². The molecule has 0 heterocycles. The van der Waals surface area contributed by atoms with Gasteiger partial charge in [0, 0.05) is 17.3 Å². The highest BCUT2D eigenvalue weighted by atomic mass is 35.5. The summed E-state index contributed by atoms with van der Waals surface area (Å²) < 4.78 is 0. The summed E-state index contributed by atoms with van der Waals surface area (Å²) in [5.41, 5.74) is 1.79. The molecule has 104 valence electrons. The Hall–Kier alpha value is -1.71. The lowest BCUT2D eigenvalue weighted by Gasteiger charge is -2.12. The quantitative estimate of drug-likeness (QED) is 0.861. The molecule has 0 radical (unpaired) electrons. The third-order valence-electron chi connectivity index (χ3n) is 2.72. The van der Waals surface area contributed by atoms with E-state index in [0.717, 1.165) is 5.69 Å². The topological polar surface area (TPSA) is 41.1 Å². The number of hydrogen-bond acceptors (Lipinski definition) is 2. The van der Waals surface area contributed by atoms with Crippen molar-refractivity contribution >= 4 is 40.5 Å². The van der Waals surface area contributed by atoms with Crippen LogP contribution in [0.1, 0.15) is 17.3 Å². The number of hydrogen-bond donors (Lipinski definition) is 2. The molecule has 0 unspecified atom stereocenters. The molecule has 2 rings (SSSR count). The number of carbonyl (C=O) groups excluding carboxylic acids is 1. The van der Waals surface area contributed by atoms with Crippen molar-refractivity contribution in [2.24, 2.45) is 0 Å². The third-order valence-corrected chi connectivity index (χ3v) is 3.28. The van der Waals surface area contributed by atoms with Crippen molar-refractivity contribution < 1.29 is 4.79 Å². The van der Waals surface area contributed by atoms with E-state index in [2.05, 4.69) is 10.6 Å². The van der Waals surface area contributed by atoms with Gasteiger partial charge < -0.3 is 10.6 Å². The maximum absolute atomic E-state index is 12.3. The zero-order chi connectivity index (χ0) is 14.5. The van der Waals surface area contributed by atoms with Gasteiger partial charge in [-0.1, -0.05) is 35.3 Å². The molecule has 0 saturated carbocycles. The summed E-state index contributed by atoms with van der Waals surface area (Å²) in [4.78, 5) is 12.3. The number of rotatable bonds is 4. The molecule has 0 aromatic heterocycles. The van der Waals surface area contributed by atoms with Gasteiger partial charge in [0.25, 0.3) is 5.91 Å². The van der Waals surface area contributed by atoms with E-state index in [1.165, 1.54) is 0 Å². The van der Waals surface area contributed by atoms with Crippen molar-refractivity contribution in [3.63, 3.8) is 0 Å². The third kappa shape index (κ3) is 3.44. The molecule has 2 N–H and O–H groups in total. The van der Waals surface area contributed by atoms with Gasteiger partial charge in [-0.15, -0.1) is 0 Å². The summed E-state index contributed by atoms with van der Waals surface area (Å²) in [6.07, 6.45) is 0. The van der Waals surface area contributed by atoms with E-state index in [4.69, 9.17) is 23.2 Å². The molecule has 0 aliphatic carbocycles. The number of nitrogens with one attached hydrogen (secondary N) is 2. The van der Waals surface area contributed by atoms with E-state index in [-0.39, 0.29) is 5.91 Å². The maximum Gasteiger partial charge on any atom is 0.257 e. The first kappa shape index (κ1) is 14.7. The average molecular weight is 309 g/mol. The van der Waals surface area contributed by atoms with Crippen molar-refractivity contribution in [3.05, 3.63) is 58.1 Å². The lowest BCUT2D eigenvalue weighted by atomic mass is 10.1. The fourth-order valence-electron chi connectivity index (χ4n) is 1.80. The van der Waals surface area contributed by atoms with Gasteiger partial charge in [-0.05, 0) is 37.3 Å². The molecular formula is C15H14Cl2N2O. The summed E-state index contributed by atoms with van der Waals surface area (Å²) in [7, 11) is 0. The summed E-state index contributed by atoms with van der Waals surface area (Å²) in [6.45, 7) is 2.68. The van der Waals surface area contributed by atoms with Crippen LogP contribution < -0.4 is 10.6 Å². The molecule has 0 aliphatic rings. The van der Waals surface area contributed by atoms with E-state index in [9.17, 15) is 4.79 Å². The minimum absolute atomic E-state index is 0.253. The van der Waals surface area contributed by atoms with Crippen LogP contribution in [0.5, 0.6) is 0 Å². The average Bonchev–Trinajstić information content (AvgIpc) is 2.43. The predicted octanol–water partition coefficient (Wildman–Crippen LogP) is 4.68. The van der Waals surface area contributed by atoms with Crippen molar-refractivity contribution in [2.75, 3.05) is 17.2 Å². The Bertz CT molecular complexity index is 629. The first-order chi connectivity index (χ1) is 9.61. The molecule has 2 aromatic rings. The van der Waals surface area contributed by atoms with E-state index >= 15 is 0 Å². The fraction of sp³-hybridized carbons (Fsp3) is 0.133. The number of benzene rings is 2. The number of anilines is 2. The molecule has 0 spiro atoms. The van der Waals surface area contributed by atoms with Crippen molar-refractivity contribution in [2.45, 2.75) is 6.92 Å². The van der Waals surface area contributed by atoms with Crippen molar-refractivity contribution in [1.29, 1.82) is 0 Å². The Morgan fingerprint density at radius 3 is 2.55 bits per heavy atom. The van der Waals surface area contributed by atoms with Crippen LogP contribution in [0.4, 0.5) is 11.4 Å². The molecule has 20 heavy (non-hydrogen) atoms. The Morgan fingerprint density at radius 1 is 1.10 bits per heavy atom. The number of carbonyl (C=O) groups is 1. The number of halogens is 2. The van der Waals surface area contributed by atoms with Crippen LogP contribution in [0.25, 0.3) is 0 Å². The van der Waals surface area contributed by atoms with E-state index in [0.29, 0.717) is 27.8 Å². The summed E-state index contributed by atoms with van der Waals surface area (Å²) in [5, 5.41) is 6.92. The van der Waals surface area contributed by atoms with Gasteiger partial charge in [0.05, 0.1) is 16.3 Å². The monoisotopic (exact) mass is 308 g/mol. The van der Waals surface area contributed by atoms with Crippen molar-refractivity contribution in [3.8, 4) is 0 Å². The highest BCUT2D eigenvalue weighted by molar-refractivity contribution is 6.34. The molecular weight excluding hydrogens is 295 g/mol. The predicted molar refractivity (Wildman–Crippen MR) is 85.0 cm³/mol. The van der Waals surface area contributed by atoms with Crippen LogP contribution in [-0.4, -0.2) is 12.5 Å². The van der Waals surface area contributed by atoms with Crippen LogP contribution >= 0.6 is 23.2 Å². The summed E-state index contributed by atoms with van der Waals surface area (Å²) in [6, 6.07) is 12.2. The van der Waals surface area contributed by atoms with Gasteiger partial charge in [-0.25, -0.2) is 0 Å². The minimum atomic E-state index is -0.253. The zero-order valence-electron chi connectivity index (χ0n) is 10.9. The largest absolute Gasteiger partial charge is 0.385 e. The van der Waals surface area contributed by atoms with Gasteiger partial charge in [-0.3, -0.25) is 4.79 Å². The molecule has 2 aromatic carbocycles. The Morgan fingerprint density at radius 2 is 1.85 bits per heavy atom. The lowest BCUT2D eigenvalue weighted by Crippen LogP contribution is -2.15. The van der Waals surface area contributed by atoms with Crippen LogP contribution in [0.3, 0.4) is 0 Å². The molecule has 3 nitrogen and oxygen atoms in total. The zero-order valence-corrected chi connectivity index (χ0v) is 12.4. The smallest absolute Gasteiger partial charge is 0.257 e. The minimum Gasteiger partial charge on any atom is -0.385 e. The van der Waals surface area contributed by atoms with Crippen molar-refractivity contribution in [1.82, 2.24) is 0 Å². The molecule has 0 fully saturated rings. The van der Waals surface area contributed by atoms with Crippen LogP contribution in [-0.2, 0) is 0 Å². The van der Waals surface area contributed by atoms with Gasteiger partial charge in [0.15, 0.2) is 0 Å². The lowest BCUT2D eigenvalue weighted by molar-refractivity contribution is 0.102. The van der Waals surface area contributed by atoms with E-state index in [1.807, 2.05) is 13.0 Å². The highest BCUT2D eigenvalue weighted by Crippen LogP contribution is 2.25. The Kier molecular flexibility index (Phi) is 4.88. The van der Waals surface area contributed by atoms with E-state index in [1.54, 1.807) is 36.4 Å². The van der Waals surface area contributed by atoms with Gasteiger partial charge in [-0.2, -0.15) is 0 Å². The van der Waals surface area contributed by atoms with Crippen LogP contribution in [0.15, 0.2) is 42.5 Å². The molecule has 1 amide bonds. The SMILES string of the molecule is CCNc1ccc(Cl)cc1C(=O)Nc1ccccc1Cl. The van der Waals surface area contributed by atoms with Gasteiger partial charge in [0.2, 0.25) is 0 Å². The number of amides is 1. The first-order valence-corrected chi connectivity index (χ1v) is 6.96. The van der Waals surface area contributed by atoms with Crippen LogP contribution in [0, 0.1) is 0 Å².